The quantitative estimate of drug-likeness (QED) is 0.622. The fourth-order valence-electron chi connectivity index (χ4n) is 1.79. The second-order valence-electron chi connectivity index (χ2n) is 3.96. The van der Waals surface area contributed by atoms with Gasteiger partial charge in [-0.1, -0.05) is 6.92 Å². The minimum atomic E-state index is -3.24. The van der Waals surface area contributed by atoms with Crippen LogP contribution in [0.3, 0.4) is 0 Å². The molecular formula is C10H22N2O4S. The Bertz CT molecular complexity index is 307. The lowest BCUT2D eigenvalue weighted by atomic mass is 10.2. The first kappa shape index (κ1) is 14.8. The van der Waals surface area contributed by atoms with Crippen molar-refractivity contribution < 1.29 is 17.9 Å². The lowest BCUT2D eigenvalue weighted by Crippen LogP contribution is -2.49. The van der Waals surface area contributed by atoms with Crippen LogP contribution in [0.2, 0.25) is 0 Å². The van der Waals surface area contributed by atoms with Gasteiger partial charge in [0.05, 0.1) is 32.2 Å². The van der Waals surface area contributed by atoms with Gasteiger partial charge in [-0.15, -0.1) is 0 Å². The lowest BCUT2D eigenvalue weighted by molar-refractivity contribution is 0.0310. The topological polar surface area (TPSA) is 81.9 Å². The summed E-state index contributed by atoms with van der Waals surface area (Å²) in [5.41, 5.74) is 5.26. The molecule has 1 aliphatic rings. The Balaban J connectivity index is 2.49. The Hall–Kier alpha value is -0.210. The summed E-state index contributed by atoms with van der Waals surface area (Å²) >= 11 is 0. The van der Waals surface area contributed by atoms with Gasteiger partial charge in [0.2, 0.25) is 10.0 Å². The fraction of sp³-hybridized carbons (Fsp3) is 1.00. The molecule has 0 aromatic heterocycles. The monoisotopic (exact) mass is 266 g/mol. The van der Waals surface area contributed by atoms with Crippen LogP contribution in [0, 0.1) is 0 Å². The van der Waals surface area contributed by atoms with E-state index < -0.39 is 10.0 Å². The van der Waals surface area contributed by atoms with Crippen LogP contribution in [0.25, 0.3) is 0 Å². The average molecular weight is 266 g/mol. The Morgan fingerprint density at radius 2 is 2.24 bits per heavy atom. The molecule has 1 aliphatic heterocycles. The fourth-order valence-corrected chi connectivity index (χ4v) is 3.37. The van der Waals surface area contributed by atoms with Gasteiger partial charge in [-0.25, -0.2) is 8.42 Å². The summed E-state index contributed by atoms with van der Waals surface area (Å²) in [5.74, 6) is 0.0174. The lowest BCUT2D eigenvalue weighted by Gasteiger charge is -2.33. The van der Waals surface area contributed by atoms with Crippen LogP contribution >= 0.6 is 0 Å². The van der Waals surface area contributed by atoms with Crippen molar-refractivity contribution >= 4 is 10.0 Å². The molecule has 0 aromatic carbocycles. The van der Waals surface area contributed by atoms with Gasteiger partial charge in [0.15, 0.2) is 0 Å². The zero-order valence-corrected chi connectivity index (χ0v) is 11.1. The number of rotatable bonds is 7. The Morgan fingerprint density at radius 1 is 1.47 bits per heavy atom. The van der Waals surface area contributed by atoms with Crippen molar-refractivity contribution in [3.63, 3.8) is 0 Å². The van der Waals surface area contributed by atoms with Crippen LogP contribution in [-0.2, 0) is 19.5 Å². The van der Waals surface area contributed by atoms with E-state index in [1.165, 1.54) is 0 Å². The molecule has 102 valence electrons. The molecule has 1 saturated heterocycles. The minimum Gasteiger partial charge on any atom is -0.379 e. The molecule has 6 nitrogen and oxygen atoms in total. The first-order valence-corrected chi connectivity index (χ1v) is 7.57. The smallest absolute Gasteiger partial charge is 0.216 e. The molecule has 7 heteroatoms. The van der Waals surface area contributed by atoms with Crippen LogP contribution in [0.1, 0.15) is 13.3 Å². The zero-order valence-electron chi connectivity index (χ0n) is 10.3. The molecule has 1 unspecified atom stereocenters. The van der Waals surface area contributed by atoms with Crippen molar-refractivity contribution in [3.05, 3.63) is 0 Å². The van der Waals surface area contributed by atoms with Crippen molar-refractivity contribution in [1.82, 2.24) is 4.31 Å². The predicted molar refractivity (Wildman–Crippen MR) is 65.3 cm³/mol. The molecule has 0 bridgehead atoms. The van der Waals surface area contributed by atoms with E-state index in [9.17, 15) is 8.42 Å². The zero-order chi connectivity index (χ0) is 12.7. The van der Waals surface area contributed by atoms with Gasteiger partial charge in [-0.3, -0.25) is 0 Å². The second-order valence-corrected chi connectivity index (χ2v) is 6.01. The van der Waals surface area contributed by atoms with Gasteiger partial charge in [0.1, 0.15) is 0 Å². The second kappa shape index (κ2) is 7.27. The highest BCUT2D eigenvalue weighted by atomic mass is 32.2. The third kappa shape index (κ3) is 4.51. The summed E-state index contributed by atoms with van der Waals surface area (Å²) in [6, 6.07) is -0.0386. The summed E-state index contributed by atoms with van der Waals surface area (Å²) in [7, 11) is -3.24. The van der Waals surface area contributed by atoms with Gasteiger partial charge in [-0.05, 0) is 6.42 Å². The van der Waals surface area contributed by atoms with Crippen LogP contribution in [-0.4, -0.2) is 64.0 Å². The maximum Gasteiger partial charge on any atom is 0.216 e. The maximum absolute atomic E-state index is 12.1. The van der Waals surface area contributed by atoms with Crippen LogP contribution < -0.4 is 5.73 Å². The number of hydrogen-bond acceptors (Lipinski definition) is 5. The van der Waals surface area contributed by atoms with Crippen molar-refractivity contribution in [2.24, 2.45) is 5.73 Å². The SMILES string of the molecule is CCC1COCCN1S(=O)(=O)CCOCCN. The number of nitrogens with zero attached hydrogens (tertiary/aromatic N) is 1. The summed E-state index contributed by atoms with van der Waals surface area (Å²) in [6.07, 6.45) is 0.767. The summed E-state index contributed by atoms with van der Waals surface area (Å²) < 4.78 is 36.1. The number of nitrogens with two attached hydrogens (primary N) is 1. The largest absolute Gasteiger partial charge is 0.379 e. The third-order valence-corrected chi connectivity index (χ3v) is 4.63. The molecular weight excluding hydrogens is 244 g/mol. The van der Waals surface area contributed by atoms with Crippen LogP contribution in [0.4, 0.5) is 0 Å². The van der Waals surface area contributed by atoms with E-state index in [0.717, 1.165) is 6.42 Å². The van der Waals surface area contributed by atoms with Gasteiger partial charge < -0.3 is 15.2 Å². The molecule has 1 heterocycles. The summed E-state index contributed by atoms with van der Waals surface area (Å²) in [5, 5.41) is 0. The van der Waals surface area contributed by atoms with Crippen molar-refractivity contribution in [3.8, 4) is 0 Å². The van der Waals surface area contributed by atoms with E-state index in [2.05, 4.69) is 0 Å². The van der Waals surface area contributed by atoms with Crippen molar-refractivity contribution in [2.75, 3.05) is 45.3 Å². The van der Waals surface area contributed by atoms with Gasteiger partial charge in [0.25, 0.3) is 0 Å². The standard InChI is InChI=1S/C10H22N2O4S/c1-2-10-9-16-6-4-12(10)17(13,14)8-7-15-5-3-11/h10H,2-9,11H2,1H3. The first-order valence-electron chi connectivity index (χ1n) is 5.97. The van der Waals surface area contributed by atoms with Crippen molar-refractivity contribution in [2.45, 2.75) is 19.4 Å². The molecule has 1 fully saturated rings. The van der Waals surface area contributed by atoms with E-state index in [1.807, 2.05) is 6.92 Å². The number of hydrogen-bond donors (Lipinski definition) is 1. The molecule has 1 rings (SSSR count). The Morgan fingerprint density at radius 3 is 2.88 bits per heavy atom. The third-order valence-electron chi connectivity index (χ3n) is 2.75. The molecule has 0 aliphatic carbocycles. The average Bonchev–Trinajstić information content (AvgIpc) is 2.34. The molecule has 0 saturated carbocycles. The van der Waals surface area contributed by atoms with E-state index in [1.54, 1.807) is 4.31 Å². The first-order chi connectivity index (χ1) is 8.11. The predicted octanol–water partition coefficient (Wildman–Crippen LogP) is -0.598. The molecule has 0 spiro atoms. The highest BCUT2D eigenvalue weighted by Gasteiger charge is 2.31. The van der Waals surface area contributed by atoms with Crippen LogP contribution in [0.15, 0.2) is 0 Å². The highest BCUT2D eigenvalue weighted by Crippen LogP contribution is 2.15. The highest BCUT2D eigenvalue weighted by molar-refractivity contribution is 7.89. The van der Waals surface area contributed by atoms with E-state index in [4.69, 9.17) is 15.2 Å². The summed E-state index contributed by atoms with van der Waals surface area (Å²) in [6.45, 7) is 4.38. The maximum atomic E-state index is 12.1. The Kier molecular flexibility index (Phi) is 6.35. The molecule has 0 aromatic rings. The van der Waals surface area contributed by atoms with Crippen molar-refractivity contribution in [1.29, 1.82) is 0 Å². The van der Waals surface area contributed by atoms with E-state index in [-0.39, 0.29) is 18.4 Å². The number of ether oxygens (including phenoxy) is 2. The van der Waals surface area contributed by atoms with Gasteiger partial charge in [-0.2, -0.15) is 4.31 Å². The molecule has 17 heavy (non-hydrogen) atoms. The molecule has 0 amide bonds. The van der Waals surface area contributed by atoms with E-state index in [0.29, 0.717) is 32.9 Å². The minimum absolute atomic E-state index is 0.0174. The van der Waals surface area contributed by atoms with Gasteiger partial charge >= 0.3 is 0 Å². The Labute approximate surface area is 103 Å². The molecule has 0 radical (unpaired) electrons. The normalized spacial score (nSPS) is 22.8. The number of sulfonamides is 1. The van der Waals surface area contributed by atoms with Crippen LogP contribution in [0.5, 0.6) is 0 Å². The van der Waals surface area contributed by atoms with E-state index >= 15 is 0 Å². The summed E-state index contributed by atoms with van der Waals surface area (Å²) in [4.78, 5) is 0. The molecule has 1 atom stereocenters. The molecule has 2 N–H and O–H groups in total. The number of morpholine rings is 1. The van der Waals surface area contributed by atoms with Gasteiger partial charge in [0, 0.05) is 19.1 Å².